The topological polar surface area (TPSA) is 69.6 Å². The van der Waals surface area contributed by atoms with Crippen LogP contribution in [0.2, 0.25) is 0 Å². The summed E-state index contributed by atoms with van der Waals surface area (Å²) < 4.78 is 0. The van der Waals surface area contributed by atoms with E-state index in [2.05, 4.69) is 31.3 Å². The lowest BCUT2D eigenvalue weighted by Crippen LogP contribution is -2.45. The Bertz CT molecular complexity index is 810. The summed E-state index contributed by atoms with van der Waals surface area (Å²) in [7, 11) is 0. The molecule has 4 nitrogen and oxygen atoms in total. The number of nitrogens with one attached hydrogen (secondary N) is 1. The van der Waals surface area contributed by atoms with Crippen LogP contribution in [0.4, 0.5) is 0 Å². The van der Waals surface area contributed by atoms with Crippen LogP contribution < -0.4 is 5.32 Å². The van der Waals surface area contributed by atoms with Crippen LogP contribution in [0, 0.1) is 0 Å². The standard InChI is InChI=1S/C52H101NO3/c1-3-5-7-9-11-13-15-17-18-19-20-21-22-23-24-25-26-27-28-29-30-31-32-33-34-36-38-40-42-44-46-48-52(56)53-50(49-54)51(55)47-45-43-41-39-37-35-16-14-12-10-8-6-4-2/h19-20,45,47,50-51,54-55H,3-18,21-44,46,48-49H2,1-2H3,(H,53,56)/b20-19-,47-45+. The Morgan fingerprint density at radius 3 is 0.982 bits per heavy atom. The van der Waals surface area contributed by atoms with Gasteiger partial charge in [-0.05, 0) is 44.9 Å². The second kappa shape index (κ2) is 48.2. The van der Waals surface area contributed by atoms with Gasteiger partial charge >= 0.3 is 0 Å². The number of carbonyl (C=O) groups is 1. The zero-order chi connectivity index (χ0) is 40.7. The number of carbonyl (C=O) groups excluding carboxylic acids is 1. The lowest BCUT2D eigenvalue weighted by Gasteiger charge is -2.20. The molecule has 0 aromatic rings. The van der Waals surface area contributed by atoms with Crippen LogP contribution in [-0.2, 0) is 4.79 Å². The highest BCUT2D eigenvalue weighted by Gasteiger charge is 2.18. The molecule has 2 unspecified atom stereocenters. The highest BCUT2D eigenvalue weighted by Crippen LogP contribution is 2.17. The van der Waals surface area contributed by atoms with Crippen molar-refractivity contribution in [3.05, 3.63) is 24.3 Å². The van der Waals surface area contributed by atoms with Crippen molar-refractivity contribution in [1.29, 1.82) is 0 Å². The first-order chi connectivity index (χ1) is 27.7. The maximum absolute atomic E-state index is 12.4. The van der Waals surface area contributed by atoms with Gasteiger partial charge in [0.25, 0.3) is 0 Å². The lowest BCUT2D eigenvalue weighted by molar-refractivity contribution is -0.123. The van der Waals surface area contributed by atoms with Gasteiger partial charge in [0.2, 0.25) is 5.91 Å². The molecule has 0 bridgehead atoms. The molecule has 332 valence electrons. The molecular formula is C52H101NO3. The number of hydrogen-bond acceptors (Lipinski definition) is 3. The third kappa shape index (κ3) is 44.0. The fourth-order valence-corrected chi connectivity index (χ4v) is 8.00. The van der Waals surface area contributed by atoms with E-state index in [1.165, 1.54) is 238 Å². The molecule has 0 heterocycles. The van der Waals surface area contributed by atoms with E-state index in [1.807, 2.05) is 6.08 Å². The highest BCUT2D eigenvalue weighted by molar-refractivity contribution is 5.76. The zero-order valence-electron chi connectivity index (χ0n) is 38.2. The largest absolute Gasteiger partial charge is 0.394 e. The molecule has 0 aliphatic carbocycles. The van der Waals surface area contributed by atoms with E-state index in [0.29, 0.717) is 6.42 Å². The van der Waals surface area contributed by atoms with Crippen molar-refractivity contribution in [1.82, 2.24) is 5.32 Å². The van der Waals surface area contributed by atoms with Gasteiger partial charge in [0, 0.05) is 6.42 Å². The molecule has 0 rings (SSSR count). The van der Waals surface area contributed by atoms with E-state index in [0.717, 1.165) is 25.7 Å². The van der Waals surface area contributed by atoms with Gasteiger partial charge in [0.15, 0.2) is 0 Å². The number of aliphatic hydroxyl groups excluding tert-OH is 2. The van der Waals surface area contributed by atoms with Gasteiger partial charge in [0.05, 0.1) is 18.8 Å². The molecule has 4 heteroatoms. The van der Waals surface area contributed by atoms with Gasteiger partial charge in [-0.15, -0.1) is 0 Å². The Hall–Kier alpha value is -1.13. The van der Waals surface area contributed by atoms with Crippen molar-refractivity contribution in [2.75, 3.05) is 6.61 Å². The van der Waals surface area contributed by atoms with Crippen LogP contribution >= 0.6 is 0 Å². The van der Waals surface area contributed by atoms with Gasteiger partial charge in [-0.2, -0.15) is 0 Å². The van der Waals surface area contributed by atoms with Crippen molar-refractivity contribution >= 4 is 5.91 Å². The zero-order valence-corrected chi connectivity index (χ0v) is 38.2. The first-order valence-corrected chi connectivity index (χ1v) is 25.6. The van der Waals surface area contributed by atoms with Crippen LogP contribution in [0.3, 0.4) is 0 Å². The summed E-state index contributed by atoms with van der Waals surface area (Å²) in [6.45, 7) is 4.32. The molecule has 56 heavy (non-hydrogen) atoms. The monoisotopic (exact) mass is 788 g/mol. The molecule has 0 aliphatic rings. The number of aliphatic hydroxyl groups is 2. The lowest BCUT2D eigenvalue weighted by atomic mass is 10.0. The molecule has 0 saturated heterocycles. The third-order valence-corrected chi connectivity index (χ3v) is 11.9. The van der Waals surface area contributed by atoms with Crippen molar-refractivity contribution in [2.45, 2.75) is 296 Å². The van der Waals surface area contributed by atoms with E-state index < -0.39 is 12.1 Å². The normalized spacial score (nSPS) is 13.0. The molecule has 0 aromatic heterocycles. The molecule has 3 N–H and O–H groups in total. The van der Waals surface area contributed by atoms with E-state index in [-0.39, 0.29) is 12.5 Å². The van der Waals surface area contributed by atoms with Crippen LogP contribution in [-0.4, -0.2) is 34.9 Å². The van der Waals surface area contributed by atoms with Gasteiger partial charge in [-0.25, -0.2) is 0 Å². The minimum absolute atomic E-state index is 0.0599. The summed E-state index contributed by atoms with van der Waals surface area (Å²) >= 11 is 0. The molecule has 0 radical (unpaired) electrons. The predicted molar refractivity (Wildman–Crippen MR) is 249 cm³/mol. The average Bonchev–Trinajstić information content (AvgIpc) is 3.20. The third-order valence-electron chi connectivity index (χ3n) is 11.9. The number of unbranched alkanes of at least 4 members (excludes halogenated alkanes) is 38. The van der Waals surface area contributed by atoms with Gasteiger partial charge in [0.1, 0.15) is 0 Å². The molecule has 0 spiro atoms. The Kier molecular flexibility index (Phi) is 47.3. The Morgan fingerprint density at radius 1 is 0.411 bits per heavy atom. The molecule has 2 atom stereocenters. The quantitative estimate of drug-likeness (QED) is 0.0425. The first kappa shape index (κ1) is 54.9. The summed E-state index contributed by atoms with van der Waals surface area (Å²) in [6.07, 6.45) is 63.2. The van der Waals surface area contributed by atoms with Crippen LogP contribution in [0.15, 0.2) is 24.3 Å². The average molecular weight is 788 g/mol. The van der Waals surface area contributed by atoms with Crippen molar-refractivity contribution < 1.29 is 15.0 Å². The van der Waals surface area contributed by atoms with Gasteiger partial charge in [-0.1, -0.05) is 256 Å². The number of rotatable bonds is 47. The first-order valence-electron chi connectivity index (χ1n) is 25.6. The van der Waals surface area contributed by atoms with Crippen LogP contribution in [0.1, 0.15) is 284 Å². The summed E-state index contributed by atoms with van der Waals surface area (Å²) in [4.78, 5) is 12.4. The minimum atomic E-state index is -0.835. The maximum Gasteiger partial charge on any atom is 0.220 e. The number of amides is 1. The van der Waals surface area contributed by atoms with Crippen LogP contribution in [0.25, 0.3) is 0 Å². The fraction of sp³-hybridized carbons (Fsp3) is 0.904. The Balaban J connectivity index is 3.42. The number of allylic oxidation sites excluding steroid dienone is 3. The SMILES string of the molecule is CCCCCCCCCC/C=C\CCCCCCCCCCCCCCCCCCCCCC(=O)NC(CO)C(O)/C=C/CCCCCCCCCCCCC. The van der Waals surface area contributed by atoms with E-state index >= 15 is 0 Å². The maximum atomic E-state index is 12.4. The fourth-order valence-electron chi connectivity index (χ4n) is 8.00. The molecule has 0 aromatic carbocycles. The van der Waals surface area contributed by atoms with Crippen LogP contribution in [0.5, 0.6) is 0 Å². The van der Waals surface area contributed by atoms with E-state index in [4.69, 9.17) is 0 Å². The highest BCUT2D eigenvalue weighted by atomic mass is 16.3. The van der Waals surface area contributed by atoms with Crippen molar-refractivity contribution in [2.24, 2.45) is 0 Å². The van der Waals surface area contributed by atoms with Crippen molar-refractivity contribution in [3.63, 3.8) is 0 Å². The summed E-state index contributed by atoms with van der Waals surface area (Å²) in [6, 6.07) is -0.618. The van der Waals surface area contributed by atoms with Gasteiger partial charge < -0.3 is 15.5 Å². The van der Waals surface area contributed by atoms with Crippen molar-refractivity contribution in [3.8, 4) is 0 Å². The molecule has 0 aliphatic heterocycles. The van der Waals surface area contributed by atoms with E-state index in [1.54, 1.807) is 6.08 Å². The number of hydrogen-bond donors (Lipinski definition) is 3. The second-order valence-corrected chi connectivity index (χ2v) is 17.6. The Morgan fingerprint density at radius 2 is 0.679 bits per heavy atom. The molecular weight excluding hydrogens is 687 g/mol. The summed E-state index contributed by atoms with van der Waals surface area (Å²) in [5.74, 6) is -0.0599. The second-order valence-electron chi connectivity index (χ2n) is 17.6. The molecule has 1 amide bonds. The summed E-state index contributed by atoms with van der Waals surface area (Å²) in [5.41, 5.74) is 0. The van der Waals surface area contributed by atoms with E-state index in [9.17, 15) is 15.0 Å². The van der Waals surface area contributed by atoms with Gasteiger partial charge in [-0.3, -0.25) is 4.79 Å². The summed E-state index contributed by atoms with van der Waals surface area (Å²) in [5, 5.41) is 23.0. The smallest absolute Gasteiger partial charge is 0.220 e. The predicted octanol–water partition coefficient (Wildman–Crippen LogP) is 16.4. The molecule has 0 saturated carbocycles. The Labute approximate surface area is 351 Å². The minimum Gasteiger partial charge on any atom is -0.394 e. The molecule has 0 fully saturated rings.